The summed E-state index contributed by atoms with van der Waals surface area (Å²) in [5.74, 6) is 1.63. The second-order valence-corrected chi connectivity index (χ2v) is 11.2. The first kappa shape index (κ1) is 26.9. The topological polar surface area (TPSA) is 80.2 Å². The van der Waals surface area contributed by atoms with E-state index in [0.29, 0.717) is 12.3 Å². The van der Waals surface area contributed by atoms with Crippen LogP contribution in [0.3, 0.4) is 0 Å². The highest BCUT2D eigenvalue weighted by atomic mass is 79.9. The minimum absolute atomic E-state index is 0.642. The number of imidazole rings is 1. The van der Waals surface area contributed by atoms with Gasteiger partial charge in [0.2, 0.25) is 0 Å². The molecular formula is C30H31BrN6O2S. The summed E-state index contributed by atoms with van der Waals surface area (Å²) in [7, 11) is 0. The van der Waals surface area contributed by atoms with Gasteiger partial charge < -0.3 is 24.3 Å². The lowest BCUT2D eigenvalue weighted by Crippen LogP contribution is -2.38. The summed E-state index contributed by atoms with van der Waals surface area (Å²) in [5, 5.41) is 3.49. The molecule has 10 heteroatoms. The summed E-state index contributed by atoms with van der Waals surface area (Å²) in [5.41, 5.74) is 7.54. The van der Waals surface area contributed by atoms with Gasteiger partial charge in [0.1, 0.15) is 23.7 Å². The van der Waals surface area contributed by atoms with Crippen LogP contribution in [0.25, 0.3) is 28.2 Å². The average Bonchev–Trinajstić information content (AvgIpc) is 3.51. The molecular weight excluding hydrogens is 588 g/mol. The zero-order valence-corrected chi connectivity index (χ0v) is 24.9. The van der Waals surface area contributed by atoms with Gasteiger partial charge in [0, 0.05) is 65.1 Å². The standard InChI is InChI=1S/C30H31BrN6O2S/c1-19-15-25(20(2)37(19)22-6-4-7-23(17-22)39-14-11-36-9-12-38-13-10-36)29-34-28-27(26(31)18-32-30(28)35-29)33-21-5-3-8-24(40)16-21/h3-8,15-18,40H,9-14H2,1-2H3,(H2,32,33,34,35). The Morgan fingerprint density at radius 2 is 1.93 bits per heavy atom. The molecule has 0 saturated carbocycles. The zero-order chi connectivity index (χ0) is 27.6. The van der Waals surface area contributed by atoms with Crippen LogP contribution < -0.4 is 10.1 Å². The van der Waals surface area contributed by atoms with E-state index >= 15 is 0 Å². The summed E-state index contributed by atoms with van der Waals surface area (Å²) in [6.07, 6.45) is 1.77. The number of H-pyrrole nitrogens is 1. The fraction of sp³-hybridized carbons (Fsp3) is 0.267. The lowest BCUT2D eigenvalue weighted by Gasteiger charge is -2.26. The highest BCUT2D eigenvalue weighted by molar-refractivity contribution is 9.10. The Hall–Kier alpha value is -3.31. The van der Waals surface area contributed by atoms with Crippen molar-refractivity contribution in [2.24, 2.45) is 0 Å². The van der Waals surface area contributed by atoms with Gasteiger partial charge >= 0.3 is 0 Å². The van der Waals surface area contributed by atoms with Gasteiger partial charge in [-0.3, -0.25) is 4.90 Å². The largest absolute Gasteiger partial charge is 0.492 e. The summed E-state index contributed by atoms with van der Waals surface area (Å²) in [4.78, 5) is 16.2. The molecule has 5 aromatic rings. The molecule has 206 valence electrons. The molecule has 40 heavy (non-hydrogen) atoms. The number of morpholine rings is 1. The quantitative estimate of drug-likeness (QED) is 0.171. The SMILES string of the molecule is Cc1cc(-c2nc3ncc(Br)c(Nc4cccc(S)c4)c3[nH]2)c(C)n1-c1cccc(OCCN2CCOCC2)c1. The van der Waals surface area contributed by atoms with Crippen LogP contribution in [-0.2, 0) is 4.74 Å². The smallest absolute Gasteiger partial charge is 0.180 e. The van der Waals surface area contributed by atoms with Crippen molar-refractivity contribution in [1.29, 1.82) is 0 Å². The molecule has 6 rings (SSSR count). The van der Waals surface area contributed by atoms with Gasteiger partial charge in [0.15, 0.2) is 5.65 Å². The van der Waals surface area contributed by atoms with Crippen LogP contribution in [0.15, 0.2) is 70.2 Å². The number of aromatic nitrogens is 4. The number of fused-ring (bicyclic) bond motifs is 1. The van der Waals surface area contributed by atoms with E-state index in [0.717, 1.165) is 93.3 Å². The Labute approximate surface area is 247 Å². The number of nitrogens with zero attached hydrogens (tertiary/aromatic N) is 4. The van der Waals surface area contributed by atoms with Gasteiger partial charge in [0.05, 0.1) is 23.4 Å². The molecule has 0 amide bonds. The molecule has 0 unspecified atom stereocenters. The maximum atomic E-state index is 6.12. The first-order valence-electron chi connectivity index (χ1n) is 13.3. The van der Waals surface area contributed by atoms with E-state index < -0.39 is 0 Å². The lowest BCUT2D eigenvalue weighted by molar-refractivity contribution is 0.0322. The Balaban J connectivity index is 1.27. The maximum absolute atomic E-state index is 6.12. The van der Waals surface area contributed by atoms with Gasteiger partial charge in [-0.2, -0.15) is 0 Å². The van der Waals surface area contributed by atoms with E-state index in [4.69, 9.17) is 14.5 Å². The minimum atomic E-state index is 0.642. The average molecular weight is 620 g/mol. The fourth-order valence-corrected chi connectivity index (χ4v) is 5.77. The van der Waals surface area contributed by atoms with Crippen molar-refractivity contribution >= 4 is 51.1 Å². The first-order valence-corrected chi connectivity index (χ1v) is 14.5. The highest BCUT2D eigenvalue weighted by Crippen LogP contribution is 2.35. The molecule has 1 aliphatic heterocycles. The number of aromatic amines is 1. The van der Waals surface area contributed by atoms with Crippen LogP contribution in [0.5, 0.6) is 5.75 Å². The number of hydrogen-bond donors (Lipinski definition) is 3. The molecule has 0 atom stereocenters. The first-order chi connectivity index (χ1) is 19.5. The summed E-state index contributed by atoms with van der Waals surface area (Å²) in [6, 6.07) is 18.3. The van der Waals surface area contributed by atoms with Crippen molar-refractivity contribution in [3.63, 3.8) is 0 Å². The summed E-state index contributed by atoms with van der Waals surface area (Å²) < 4.78 is 14.6. The summed E-state index contributed by atoms with van der Waals surface area (Å²) in [6.45, 7) is 9.28. The molecule has 0 radical (unpaired) electrons. The Morgan fingerprint density at radius 3 is 2.75 bits per heavy atom. The number of ether oxygens (including phenoxy) is 2. The van der Waals surface area contributed by atoms with Crippen LogP contribution in [0, 0.1) is 13.8 Å². The molecule has 4 heterocycles. The van der Waals surface area contributed by atoms with Crippen LogP contribution in [0.2, 0.25) is 0 Å². The van der Waals surface area contributed by atoms with Gasteiger partial charge in [0.25, 0.3) is 0 Å². The fourth-order valence-electron chi connectivity index (χ4n) is 5.14. The van der Waals surface area contributed by atoms with Crippen molar-refractivity contribution in [3.8, 4) is 22.8 Å². The van der Waals surface area contributed by atoms with Crippen LogP contribution in [0.4, 0.5) is 11.4 Å². The molecule has 1 saturated heterocycles. The molecule has 1 fully saturated rings. The van der Waals surface area contributed by atoms with E-state index in [1.807, 2.05) is 36.4 Å². The van der Waals surface area contributed by atoms with Crippen LogP contribution in [0.1, 0.15) is 11.4 Å². The van der Waals surface area contributed by atoms with Crippen molar-refractivity contribution in [1.82, 2.24) is 24.4 Å². The number of pyridine rings is 1. The Bertz CT molecular complexity index is 1660. The van der Waals surface area contributed by atoms with E-state index in [-0.39, 0.29) is 0 Å². The van der Waals surface area contributed by atoms with Crippen molar-refractivity contribution in [2.75, 3.05) is 44.8 Å². The zero-order valence-electron chi connectivity index (χ0n) is 22.4. The van der Waals surface area contributed by atoms with Crippen LogP contribution in [-0.4, -0.2) is 63.9 Å². The number of thiol groups is 1. The maximum Gasteiger partial charge on any atom is 0.180 e. The van der Waals surface area contributed by atoms with Gasteiger partial charge in [-0.15, -0.1) is 12.6 Å². The number of halogens is 1. The van der Waals surface area contributed by atoms with E-state index in [1.54, 1.807) is 6.20 Å². The normalized spacial score (nSPS) is 14.1. The molecule has 2 N–H and O–H groups in total. The van der Waals surface area contributed by atoms with Crippen molar-refractivity contribution in [2.45, 2.75) is 18.7 Å². The Kier molecular flexibility index (Phi) is 7.84. The second kappa shape index (κ2) is 11.7. The molecule has 8 nitrogen and oxygen atoms in total. The van der Waals surface area contributed by atoms with E-state index in [1.165, 1.54) is 0 Å². The minimum Gasteiger partial charge on any atom is -0.492 e. The number of benzene rings is 2. The third kappa shape index (κ3) is 5.62. The molecule has 1 aliphatic rings. The third-order valence-corrected chi connectivity index (χ3v) is 8.01. The number of rotatable bonds is 8. The predicted octanol–water partition coefficient (Wildman–Crippen LogP) is 6.54. The van der Waals surface area contributed by atoms with Gasteiger partial charge in [-0.05, 0) is 66.2 Å². The highest BCUT2D eigenvalue weighted by Gasteiger charge is 2.19. The number of hydrogen-bond acceptors (Lipinski definition) is 7. The Morgan fingerprint density at radius 1 is 1.10 bits per heavy atom. The number of nitrogens with one attached hydrogen (secondary N) is 2. The lowest BCUT2D eigenvalue weighted by atomic mass is 10.2. The molecule has 0 bridgehead atoms. The number of aryl methyl sites for hydroxylation is 1. The van der Waals surface area contributed by atoms with Crippen molar-refractivity contribution < 1.29 is 9.47 Å². The van der Waals surface area contributed by atoms with Crippen molar-refractivity contribution in [3.05, 3.63) is 76.7 Å². The number of anilines is 2. The molecule has 3 aromatic heterocycles. The van der Waals surface area contributed by atoms with E-state index in [9.17, 15) is 0 Å². The molecule has 2 aromatic carbocycles. The van der Waals surface area contributed by atoms with Gasteiger partial charge in [-0.25, -0.2) is 9.97 Å². The summed E-state index contributed by atoms with van der Waals surface area (Å²) >= 11 is 8.12. The molecule has 0 spiro atoms. The van der Waals surface area contributed by atoms with Gasteiger partial charge in [-0.1, -0.05) is 12.1 Å². The monoisotopic (exact) mass is 618 g/mol. The van der Waals surface area contributed by atoms with Crippen LogP contribution >= 0.6 is 28.6 Å². The van der Waals surface area contributed by atoms with E-state index in [2.05, 4.69) is 85.4 Å². The molecule has 0 aliphatic carbocycles. The third-order valence-electron chi connectivity index (χ3n) is 7.13. The second-order valence-electron chi connectivity index (χ2n) is 9.86. The predicted molar refractivity (Wildman–Crippen MR) is 166 cm³/mol.